The molecule has 0 bridgehead atoms. The molecule has 1 aromatic carbocycles. The number of rotatable bonds is 7. The molecule has 0 aliphatic carbocycles. The molecule has 0 atom stereocenters. The van der Waals surface area contributed by atoms with E-state index < -0.39 is 10.0 Å². The zero-order valence-corrected chi connectivity index (χ0v) is 14.1. The molecule has 1 aliphatic heterocycles. The summed E-state index contributed by atoms with van der Waals surface area (Å²) in [5, 5.41) is 3.25. The Balaban J connectivity index is 1.95. The van der Waals surface area contributed by atoms with Gasteiger partial charge in [0.25, 0.3) is 0 Å². The molecule has 1 aromatic rings. The van der Waals surface area contributed by atoms with Gasteiger partial charge in [-0.25, -0.2) is 13.1 Å². The summed E-state index contributed by atoms with van der Waals surface area (Å²) in [7, 11) is -3.25. The Labute approximate surface area is 132 Å². The quantitative estimate of drug-likeness (QED) is 0.805. The molecular formula is C15H24N2O2S2. The lowest BCUT2D eigenvalue weighted by atomic mass is 10.1. The van der Waals surface area contributed by atoms with Crippen LogP contribution in [0.5, 0.6) is 0 Å². The Morgan fingerprint density at radius 3 is 2.67 bits per heavy atom. The van der Waals surface area contributed by atoms with Crippen LogP contribution in [0.3, 0.4) is 0 Å². The fraction of sp³-hybridized carbons (Fsp3) is 0.600. The van der Waals surface area contributed by atoms with Crippen molar-refractivity contribution in [3.63, 3.8) is 0 Å². The summed E-state index contributed by atoms with van der Waals surface area (Å²) in [5.74, 6) is 2.16. The molecule has 1 saturated heterocycles. The Hall–Kier alpha value is -0.560. The van der Waals surface area contributed by atoms with E-state index in [2.05, 4.69) is 17.0 Å². The molecule has 0 amide bonds. The molecule has 0 radical (unpaired) electrons. The molecule has 0 spiro atoms. The van der Waals surface area contributed by atoms with Gasteiger partial charge < -0.3 is 5.32 Å². The highest BCUT2D eigenvalue weighted by Crippen LogP contribution is 2.18. The van der Waals surface area contributed by atoms with Crippen molar-refractivity contribution in [3.05, 3.63) is 35.4 Å². The number of thioether (sulfide) groups is 1. The van der Waals surface area contributed by atoms with Crippen LogP contribution in [0.1, 0.15) is 30.9 Å². The van der Waals surface area contributed by atoms with Crippen LogP contribution in [0, 0.1) is 0 Å². The van der Waals surface area contributed by atoms with Crippen molar-refractivity contribution in [2.24, 2.45) is 0 Å². The molecule has 0 unspecified atom stereocenters. The topological polar surface area (TPSA) is 58.2 Å². The molecule has 4 nitrogen and oxygen atoms in total. The molecule has 1 heterocycles. The van der Waals surface area contributed by atoms with E-state index >= 15 is 0 Å². The molecule has 1 aliphatic rings. The van der Waals surface area contributed by atoms with E-state index in [1.165, 1.54) is 0 Å². The monoisotopic (exact) mass is 328 g/mol. The van der Waals surface area contributed by atoms with Crippen molar-refractivity contribution < 1.29 is 8.42 Å². The maximum Gasteiger partial charge on any atom is 0.216 e. The highest BCUT2D eigenvalue weighted by Gasteiger charge is 2.20. The lowest BCUT2D eigenvalue weighted by molar-refractivity contribution is 0.528. The lowest BCUT2D eigenvalue weighted by Crippen LogP contribution is -2.37. The first-order valence-corrected chi connectivity index (χ1v) is 10.3. The van der Waals surface area contributed by atoms with E-state index in [9.17, 15) is 8.42 Å². The Bertz CT molecular complexity index is 540. The van der Waals surface area contributed by atoms with Crippen LogP contribution < -0.4 is 10.0 Å². The number of hydrogen-bond donors (Lipinski definition) is 2. The highest BCUT2D eigenvalue weighted by atomic mass is 32.2. The van der Waals surface area contributed by atoms with E-state index in [4.69, 9.17) is 0 Å². The van der Waals surface area contributed by atoms with Gasteiger partial charge in [0.05, 0.1) is 5.75 Å². The minimum atomic E-state index is -3.25. The summed E-state index contributed by atoms with van der Waals surface area (Å²) in [6, 6.07) is 7.91. The van der Waals surface area contributed by atoms with Gasteiger partial charge in [-0.15, -0.1) is 0 Å². The Morgan fingerprint density at radius 1 is 1.24 bits per heavy atom. The standard InChI is InChI=1S/C15H24N2O2S2/c1-2-16-11-13-4-3-5-14(10-13)12-21(18,19)17-15-6-8-20-9-7-15/h3-5,10,15-17H,2,6-9,11-12H2,1H3. The SMILES string of the molecule is CCNCc1cccc(CS(=O)(=O)NC2CCSCC2)c1. The first-order chi connectivity index (χ1) is 10.1. The average Bonchev–Trinajstić information content (AvgIpc) is 2.45. The fourth-order valence-electron chi connectivity index (χ4n) is 2.43. The molecule has 118 valence electrons. The molecule has 0 saturated carbocycles. The van der Waals surface area contributed by atoms with Gasteiger partial charge in [0, 0.05) is 12.6 Å². The maximum atomic E-state index is 12.3. The van der Waals surface area contributed by atoms with Crippen LogP contribution in [0.25, 0.3) is 0 Å². The highest BCUT2D eigenvalue weighted by molar-refractivity contribution is 7.99. The van der Waals surface area contributed by atoms with Crippen molar-refractivity contribution in [1.29, 1.82) is 0 Å². The second-order valence-corrected chi connectivity index (χ2v) is 8.34. The Kier molecular flexibility index (Phi) is 6.54. The van der Waals surface area contributed by atoms with Gasteiger partial charge in [0.2, 0.25) is 10.0 Å². The molecule has 1 fully saturated rings. The number of nitrogens with one attached hydrogen (secondary N) is 2. The van der Waals surface area contributed by atoms with Gasteiger partial charge in [-0.05, 0) is 42.0 Å². The van der Waals surface area contributed by atoms with Crippen LogP contribution in [0.15, 0.2) is 24.3 Å². The first-order valence-electron chi connectivity index (χ1n) is 7.45. The van der Waals surface area contributed by atoms with Gasteiger partial charge in [-0.2, -0.15) is 11.8 Å². The lowest BCUT2D eigenvalue weighted by Gasteiger charge is -2.22. The van der Waals surface area contributed by atoms with Crippen LogP contribution in [0.4, 0.5) is 0 Å². The first kappa shape index (κ1) is 16.8. The minimum Gasteiger partial charge on any atom is -0.313 e. The van der Waals surface area contributed by atoms with Crippen LogP contribution in [0.2, 0.25) is 0 Å². The predicted octanol–water partition coefficient (Wildman–Crippen LogP) is 2.11. The van der Waals surface area contributed by atoms with Gasteiger partial charge in [-0.3, -0.25) is 0 Å². The maximum absolute atomic E-state index is 12.3. The normalized spacial score (nSPS) is 17.0. The predicted molar refractivity (Wildman–Crippen MR) is 89.9 cm³/mol. The van der Waals surface area contributed by atoms with Gasteiger partial charge in [0.1, 0.15) is 0 Å². The zero-order chi connectivity index (χ0) is 15.1. The van der Waals surface area contributed by atoms with Crippen molar-refractivity contribution in [3.8, 4) is 0 Å². The Morgan fingerprint density at radius 2 is 1.95 bits per heavy atom. The second-order valence-electron chi connectivity index (χ2n) is 5.36. The van der Waals surface area contributed by atoms with Crippen molar-refractivity contribution in [2.45, 2.75) is 38.1 Å². The average molecular weight is 329 g/mol. The molecule has 21 heavy (non-hydrogen) atoms. The summed E-state index contributed by atoms with van der Waals surface area (Å²) in [6.07, 6.45) is 1.87. The van der Waals surface area contributed by atoms with Crippen LogP contribution >= 0.6 is 11.8 Å². The van der Waals surface area contributed by atoms with E-state index in [0.717, 1.165) is 48.6 Å². The summed E-state index contributed by atoms with van der Waals surface area (Å²) in [5.41, 5.74) is 1.97. The van der Waals surface area contributed by atoms with Crippen LogP contribution in [-0.2, 0) is 22.3 Å². The number of benzene rings is 1. The fourth-order valence-corrected chi connectivity index (χ4v) is 4.98. The van der Waals surface area contributed by atoms with Crippen molar-refractivity contribution >= 4 is 21.8 Å². The summed E-state index contributed by atoms with van der Waals surface area (Å²) in [6.45, 7) is 3.74. The third-order valence-electron chi connectivity index (χ3n) is 3.49. The van der Waals surface area contributed by atoms with Gasteiger partial charge in [-0.1, -0.05) is 31.2 Å². The van der Waals surface area contributed by atoms with E-state index in [1.807, 2.05) is 36.0 Å². The van der Waals surface area contributed by atoms with Gasteiger partial charge in [0.15, 0.2) is 0 Å². The largest absolute Gasteiger partial charge is 0.313 e. The number of hydrogen-bond acceptors (Lipinski definition) is 4. The molecule has 0 aromatic heterocycles. The van der Waals surface area contributed by atoms with E-state index in [-0.39, 0.29) is 11.8 Å². The van der Waals surface area contributed by atoms with Crippen molar-refractivity contribution in [1.82, 2.24) is 10.0 Å². The molecule has 2 rings (SSSR count). The molecule has 2 N–H and O–H groups in total. The van der Waals surface area contributed by atoms with Crippen molar-refractivity contribution in [2.75, 3.05) is 18.1 Å². The smallest absolute Gasteiger partial charge is 0.216 e. The van der Waals surface area contributed by atoms with E-state index in [1.54, 1.807) is 0 Å². The van der Waals surface area contributed by atoms with Crippen LogP contribution in [-0.4, -0.2) is 32.5 Å². The summed E-state index contributed by atoms with van der Waals surface area (Å²) < 4.78 is 27.4. The zero-order valence-electron chi connectivity index (χ0n) is 12.5. The third kappa shape index (κ3) is 5.98. The molecular weight excluding hydrogens is 304 g/mol. The second kappa shape index (κ2) is 8.17. The van der Waals surface area contributed by atoms with E-state index in [0.29, 0.717) is 0 Å². The minimum absolute atomic E-state index is 0.0661. The van der Waals surface area contributed by atoms with Gasteiger partial charge >= 0.3 is 0 Å². The molecule has 6 heteroatoms. The number of sulfonamides is 1. The summed E-state index contributed by atoms with van der Waals surface area (Å²) in [4.78, 5) is 0. The third-order valence-corrected chi connectivity index (χ3v) is 5.95. The summed E-state index contributed by atoms with van der Waals surface area (Å²) >= 11 is 1.90.